The van der Waals surface area contributed by atoms with Crippen molar-refractivity contribution in [1.29, 1.82) is 0 Å². The van der Waals surface area contributed by atoms with Crippen molar-refractivity contribution in [3.63, 3.8) is 0 Å². The topological polar surface area (TPSA) is 42.7 Å². The highest BCUT2D eigenvalue weighted by Gasteiger charge is 2.14. The zero-order valence-corrected chi connectivity index (χ0v) is 10.1. The van der Waals surface area contributed by atoms with Gasteiger partial charge in [-0.25, -0.2) is 0 Å². The predicted molar refractivity (Wildman–Crippen MR) is 64.1 cm³/mol. The Balaban J connectivity index is 1.75. The minimum Gasteiger partial charge on any atom is -0.319 e. The van der Waals surface area contributed by atoms with Crippen LogP contribution in [0.25, 0.3) is 0 Å². The molecule has 0 amide bonds. The average Bonchev–Trinajstić information content (AvgIpc) is 2.62. The molecule has 4 heteroatoms. The summed E-state index contributed by atoms with van der Waals surface area (Å²) in [7, 11) is 0. The van der Waals surface area contributed by atoms with Crippen LogP contribution < -0.4 is 5.32 Å². The Bertz CT molecular complexity index is 275. The molecule has 1 saturated carbocycles. The molecule has 0 saturated heterocycles. The van der Waals surface area contributed by atoms with Crippen LogP contribution in [0.3, 0.4) is 0 Å². The Morgan fingerprint density at radius 3 is 2.44 bits per heavy atom. The normalized spacial score (nSPS) is 20.6. The van der Waals surface area contributed by atoms with Crippen molar-refractivity contribution in [1.82, 2.24) is 20.1 Å². The zero-order chi connectivity index (χ0) is 11.2. The Labute approximate surface area is 97.5 Å². The van der Waals surface area contributed by atoms with E-state index in [2.05, 4.69) is 22.4 Å². The highest BCUT2D eigenvalue weighted by Crippen LogP contribution is 2.17. The van der Waals surface area contributed by atoms with Gasteiger partial charge in [-0.15, -0.1) is 10.2 Å². The van der Waals surface area contributed by atoms with Crippen molar-refractivity contribution in [2.75, 3.05) is 0 Å². The molecule has 1 unspecified atom stereocenters. The van der Waals surface area contributed by atoms with Gasteiger partial charge in [-0.3, -0.25) is 0 Å². The van der Waals surface area contributed by atoms with Crippen molar-refractivity contribution < 1.29 is 0 Å². The van der Waals surface area contributed by atoms with E-state index in [1.165, 1.54) is 38.5 Å². The molecule has 90 valence electrons. The average molecular weight is 222 g/mol. The summed E-state index contributed by atoms with van der Waals surface area (Å²) in [5.74, 6) is 0. The van der Waals surface area contributed by atoms with E-state index in [0.29, 0.717) is 12.1 Å². The third-order valence-electron chi connectivity index (χ3n) is 3.33. The fourth-order valence-electron chi connectivity index (χ4n) is 2.53. The third-order valence-corrected chi connectivity index (χ3v) is 3.33. The summed E-state index contributed by atoms with van der Waals surface area (Å²) < 4.78 is 2.04. The maximum Gasteiger partial charge on any atom is 0.119 e. The van der Waals surface area contributed by atoms with Gasteiger partial charge in [0.2, 0.25) is 0 Å². The number of nitrogens with one attached hydrogen (secondary N) is 1. The van der Waals surface area contributed by atoms with Crippen molar-refractivity contribution in [2.45, 2.75) is 64.1 Å². The standard InChI is InChI=1S/C12H22N4/c1-11(8-16-9-13-14-10-16)15-12-6-4-2-3-5-7-12/h9-12,15H,2-8H2,1H3. The Morgan fingerprint density at radius 1 is 1.19 bits per heavy atom. The van der Waals surface area contributed by atoms with Crippen LogP contribution in [0.15, 0.2) is 12.7 Å². The second-order valence-corrected chi connectivity index (χ2v) is 4.91. The number of rotatable bonds is 4. The van der Waals surface area contributed by atoms with Gasteiger partial charge in [-0.1, -0.05) is 25.7 Å². The molecule has 2 rings (SSSR count). The molecule has 16 heavy (non-hydrogen) atoms. The van der Waals surface area contributed by atoms with Crippen molar-refractivity contribution >= 4 is 0 Å². The molecular formula is C12H22N4. The first kappa shape index (κ1) is 11.6. The van der Waals surface area contributed by atoms with E-state index in [9.17, 15) is 0 Å². The van der Waals surface area contributed by atoms with E-state index in [1.54, 1.807) is 12.7 Å². The van der Waals surface area contributed by atoms with Crippen molar-refractivity contribution in [3.05, 3.63) is 12.7 Å². The maximum atomic E-state index is 3.82. The van der Waals surface area contributed by atoms with Crippen LogP contribution in [-0.4, -0.2) is 26.8 Å². The van der Waals surface area contributed by atoms with Gasteiger partial charge < -0.3 is 9.88 Å². The fourth-order valence-corrected chi connectivity index (χ4v) is 2.53. The highest BCUT2D eigenvalue weighted by atomic mass is 15.2. The summed E-state index contributed by atoms with van der Waals surface area (Å²) in [5, 5.41) is 11.4. The summed E-state index contributed by atoms with van der Waals surface area (Å²) in [6.07, 6.45) is 11.8. The van der Waals surface area contributed by atoms with Crippen LogP contribution in [-0.2, 0) is 6.54 Å². The van der Waals surface area contributed by atoms with Crippen LogP contribution in [0, 0.1) is 0 Å². The van der Waals surface area contributed by atoms with Crippen LogP contribution >= 0.6 is 0 Å². The van der Waals surface area contributed by atoms with Crippen LogP contribution in [0.2, 0.25) is 0 Å². The monoisotopic (exact) mass is 222 g/mol. The maximum absolute atomic E-state index is 3.82. The van der Waals surface area contributed by atoms with E-state index >= 15 is 0 Å². The first-order valence-electron chi connectivity index (χ1n) is 6.43. The molecule has 0 radical (unpaired) electrons. The fraction of sp³-hybridized carbons (Fsp3) is 0.833. The van der Waals surface area contributed by atoms with Crippen LogP contribution in [0.5, 0.6) is 0 Å². The lowest BCUT2D eigenvalue weighted by atomic mass is 10.1. The lowest BCUT2D eigenvalue weighted by Crippen LogP contribution is -2.38. The quantitative estimate of drug-likeness (QED) is 0.792. The Kier molecular flexibility index (Phi) is 4.34. The molecule has 0 spiro atoms. The molecule has 1 atom stereocenters. The smallest absolute Gasteiger partial charge is 0.119 e. The number of nitrogens with zero attached hydrogens (tertiary/aromatic N) is 3. The Hall–Kier alpha value is -0.900. The molecule has 1 heterocycles. The molecule has 1 aromatic rings. The summed E-state index contributed by atoms with van der Waals surface area (Å²) in [6.45, 7) is 3.20. The van der Waals surface area contributed by atoms with E-state index in [1.807, 2.05) is 4.57 Å². The van der Waals surface area contributed by atoms with Crippen LogP contribution in [0.4, 0.5) is 0 Å². The molecule has 1 N–H and O–H groups in total. The van der Waals surface area contributed by atoms with Gasteiger partial charge in [-0.2, -0.15) is 0 Å². The van der Waals surface area contributed by atoms with Gasteiger partial charge in [-0.05, 0) is 19.8 Å². The minimum atomic E-state index is 0.499. The third kappa shape index (κ3) is 3.59. The van der Waals surface area contributed by atoms with Crippen LogP contribution in [0.1, 0.15) is 45.4 Å². The second kappa shape index (κ2) is 5.99. The first-order chi connectivity index (χ1) is 7.84. The van der Waals surface area contributed by atoms with Gasteiger partial charge in [0.15, 0.2) is 0 Å². The molecule has 1 fully saturated rings. The van der Waals surface area contributed by atoms with Crippen molar-refractivity contribution in [2.24, 2.45) is 0 Å². The molecule has 4 nitrogen and oxygen atoms in total. The predicted octanol–water partition coefficient (Wildman–Crippen LogP) is 1.98. The molecular weight excluding hydrogens is 200 g/mol. The van der Waals surface area contributed by atoms with Gasteiger partial charge in [0.25, 0.3) is 0 Å². The molecule has 0 aliphatic heterocycles. The lowest BCUT2D eigenvalue weighted by Gasteiger charge is -2.22. The Morgan fingerprint density at radius 2 is 1.81 bits per heavy atom. The molecule has 1 aromatic heterocycles. The summed E-state index contributed by atoms with van der Waals surface area (Å²) in [5.41, 5.74) is 0. The molecule has 0 bridgehead atoms. The summed E-state index contributed by atoms with van der Waals surface area (Å²) >= 11 is 0. The molecule has 0 aromatic carbocycles. The van der Waals surface area contributed by atoms with Gasteiger partial charge >= 0.3 is 0 Å². The second-order valence-electron chi connectivity index (χ2n) is 4.91. The van der Waals surface area contributed by atoms with E-state index in [-0.39, 0.29) is 0 Å². The minimum absolute atomic E-state index is 0.499. The summed E-state index contributed by atoms with van der Waals surface area (Å²) in [6, 6.07) is 1.22. The lowest BCUT2D eigenvalue weighted by molar-refractivity contribution is 0.379. The molecule has 1 aliphatic rings. The number of hydrogen-bond donors (Lipinski definition) is 1. The largest absolute Gasteiger partial charge is 0.319 e. The van der Waals surface area contributed by atoms with Crippen molar-refractivity contribution in [3.8, 4) is 0 Å². The SMILES string of the molecule is CC(Cn1cnnc1)NC1CCCCCC1. The van der Waals surface area contributed by atoms with E-state index in [0.717, 1.165) is 6.54 Å². The van der Waals surface area contributed by atoms with E-state index in [4.69, 9.17) is 0 Å². The highest BCUT2D eigenvalue weighted by molar-refractivity contribution is 4.75. The first-order valence-corrected chi connectivity index (χ1v) is 6.43. The summed E-state index contributed by atoms with van der Waals surface area (Å²) in [4.78, 5) is 0. The zero-order valence-electron chi connectivity index (χ0n) is 10.1. The van der Waals surface area contributed by atoms with E-state index < -0.39 is 0 Å². The number of hydrogen-bond acceptors (Lipinski definition) is 3. The molecule has 1 aliphatic carbocycles. The van der Waals surface area contributed by atoms with Gasteiger partial charge in [0, 0.05) is 18.6 Å². The van der Waals surface area contributed by atoms with Gasteiger partial charge in [0.1, 0.15) is 12.7 Å². The number of aromatic nitrogens is 3. The van der Waals surface area contributed by atoms with Gasteiger partial charge in [0.05, 0.1) is 0 Å².